The number of nitrogens with zero attached hydrogens (tertiary/aromatic N) is 2. The van der Waals surface area contributed by atoms with Crippen molar-refractivity contribution in [1.82, 2.24) is 0 Å². The van der Waals surface area contributed by atoms with Crippen LogP contribution in [0.5, 0.6) is 0 Å². The van der Waals surface area contributed by atoms with Crippen molar-refractivity contribution in [3.05, 3.63) is 66.5 Å². The molecule has 9 heteroatoms. The van der Waals surface area contributed by atoms with Gasteiger partial charge in [-0.15, -0.1) is 0 Å². The summed E-state index contributed by atoms with van der Waals surface area (Å²) in [6.07, 6.45) is 0.725. The predicted molar refractivity (Wildman–Crippen MR) is 70.9 cm³/mol. The second kappa shape index (κ2) is 5.29. The molecule has 1 heterocycles. The molecule has 1 aromatic carbocycles. The number of benzene rings is 1. The number of hydrogen-bond donors (Lipinski definition) is 1. The molecular weight excluding hydrogens is 294 g/mol. The van der Waals surface area contributed by atoms with Gasteiger partial charge in [-0.2, -0.15) is 0 Å². The Morgan fingerprint density at radius 1 is 1.26 bits per heavy atom. The standard InChI is InChI=1S/C10H6ClN3O4S/c11-9(14(17)18)5-7(13(15)16)10-12-6-3-1-2-4-8(6)19-10/h1-5,12H/b9-5-,10-7+. The van der Waals surface area contributed by atoms with Crippen LogP contribution in [-0.2, 0) is 0 Å². The molecule has 0 radical (unpaired) electrons. The second-order valence-electron chi connectivity index (χ2n) is 3.42. The van der Waals surface area contributed by atoms with Gasteiger partial charge in [-0.1, -0.05) is 23.9 Å². The molecule has 0 aliphatic carbocycles. The van der Waals surface area contributed by atoms with E-state index in [9.17, 15) is 20.2 Å². The van der Waals surface area contributed by atoms with Crippen LogP contribution in [0.2, 0.25) is 0 Å². The van der Waals surface area contributed by atoms with E-state index in [0.29, 0.717) is 5.69 Å². The van der Waals surface area contributed by atoms with Gasteiger partial charge in [0.1, 0.15) is 6.08 Å². The van der Waals surface area contributed by atoms with E-state index in [1.54, 1.807) is 24.3 Å². The summed E-state index contributed by atoms with van der Waals surface area (Å²) in [5, 5.41) is 23.6. The van der Waals surface area contributed by atoms with Crippen molar-refractivity contribution < 1.29 is 9.85 Å². The maximum absolute atomic E-state index is 11.0. The maximum atomic E-state index is 11.0. The van der Waals surface area contributed by atoms with Crippen molar-refractivity contribution in [3.63, 3.8) is 0 Å². The summed E-state index contributed by atoms with van der Waals surface area (Å²) < 4.78 is 0. The minimum Gasteiger partial charge on any atom is -0.343 e. The molecule has 98 valence electrons. The smallest absolute Gasteiger partial charge is 0.343 e. The molecular formula is C10H6ClN3O4S. The quantitative estimate of drug-likeness (QED) is 0.523. The van der Waals surface area contributed by atoms with Crippen LogP contribution in [0.1, 0.15) is 0 Å². The highest BCUT2D eigenvalue weighted by molar-refractivity contribution is 8.03. The molecule has 0 unspecified atom stereocenters. The minimum absolute atomic E-state index is 0.200. The van der Waals surface area contributed by atoms with Gasteiger partial charge in [0.15, 0.2) is 5.03 Å². The molecule has 0 bridgehead atoms. The summed E-state index contributed by atoms with van der Waals surface area (Å²) >= 11 is 6.46. The SMILES string of the molecule is O=[N+]([O-])/C(Cl)=C\C(=C1\Nc2ccccc2S1)[N+](=O)[O-]. The molecule has 0 spiro atoms. The number of nitrogens with one attached hydrogen (secondary N) is 1. The zero-order valence-electron chi connectivity index (χ0n) is 9.20. The van der Waals surface area contributed by atoms with Crippen LogP contribution in [0.4, 0.5) is 5.69 Å². The van der Waals surface area contributed by atoms with E-state index < -0.39 is 20.7 Å². The van der Waals surface area contributed by atoms with Crippen LogP contribution >= 0.6 is 23.4 Å². The van der Waals surface area contributed by atoms with Crippen molar-refractivity contribution in [1.29, 1.82) is 0 Å². The number of allylic oxidation sites excluding steroid dienone is 1. The Morgan fingerprint density at radius 3 is 2.53 bits per heavy atom. The molecule has 0 amide bonds. The third-order valence-corrected chi connectivity index (χ3v) is 3.55. The minimum atomic E-state index is -0.890. The number of nitro groups is 2. The van der Waals surface area contributed by atoms with Gasteiger partial charge >= 0.3 is 10.9 Å². The summed E-state index contributed by atoms with van der Waals surface area (Å²) in [5.41, 5.74) is 0.273. The van der Waals surface area contributed by atoms with Crippen LogP contribution in [0.15, 0.2) is 51.1 Å². The molecule has 2 rings (SSSR count). The Bertz CT molecular complexity index is 602. The predicted octanol–water partition coefficient (Wildman–Crippen LogP) is 3.01. The summed E-state index contributed by atoms with van der Waals surface area (Å²) in [4.78, 5) is 20.6. The molecule has 0 atom stereocenters. The fraction of sp³-hybridized carbons (Fsp3) is 0. The van der Waals surface area contributed by atoms with Gasteiger partial charge in [0.05, 0.1) is 15.5 Å². The summed E-state index contributed by atoms with van der Waals surface area (Å²) in [6, 6.07) is 7.12. The highest BCUT2D eigenvalue weighted by Crippen LogP contribution is 2.42. The Labute approximate surface area is 116 Å². The van der Waals surface area contributed by atoms with Crippen LogP contribution in [0, 0.1) is 20.2 Å². The van der Waals surface area contributed by atoms with Crippen LogP contribution in [0.25, 0.3) is 0 Å². The lowest BCUT2D eigenvalue weighted by molar-refractivity contribution is -0.427. The first kappa shape index (κ1) is 13.4. The van der Waals surface area contributed by atoms with Gasteiger partial charge in [-0.05, 0) is 23.7 Å². The fourth-order valence-corrected chi connectivity index (χ4v) is 2.50. The average Bonchev–Trinajstić information content (AvgIpc) is 2.78. The van der Waals surface area contributed by atoms with E-state index in [0.717, 1.165) is 22.7 Å². The normalized spacial score (nSPS) is 16.6. The zero-order valence-corrected chi connectivity index (χ0v) is 10.8. The molecule has 7 nitrogen and oxygen atoms in total. The Morgan fingerprint density at radius 2 is 1.95 bits per heavy atom. The maximum Gasteiger partial charge on any atom is 0.344 e. The molecule has 1 aliphatic rings. The van der Waals surface area contributed by atoms with Crippen molar-refractivity contribution in [2.75, 3.05) is 5.32 Å². The van der Waals surface area contributed by atoms with E-state index in [2.05, 4.69) is 5.32 Å². The lowest BCUT2D eigenvalue weighted by Gasteiger charge is -1.98. The van der Waals surface area contributed by atoms with Gasteiger partial charge < -0.3 is 5.32 Å². The number of rotatable bonds is 3. The van der Waals surface area contributed by atoms with Crippen molar-refractivity contribution in [2.24, 2.45) is 0 Å². The third kappa shape index (κ3) is 2.85. The second-order valence-corrected chi connectivity index (χ2v) is 4.86. The fourth-order valence-electron chi connectivity index (χ4n) is 1.40. The van der Waals surface area contributed by atoms with Gasteiger partial charge in [0, 0.05) is 4.90 Å². The first-order valence-corrected chi connectivity index (χ1v) is 6.12. The van der Waals surface area contributed by atoms with E-state index >= 15 is 0 Å². The van der Waals surface area contributed by atoms with Gasteiger partial charge in [-0.3, -0.25) is 20.2 Å². The van der Waals surface area contributed by atoms with Gasteiger partial charge in [0.2, 0.25) is 0 Å². The van der Waals surface area contributed by atoms with Gasteiger partial charge in [0.25, 0.3) is 0 Å². The number of thioether (sulfide) groups is 1. The average molecular weight is 300 g/mol. The highest BCUT2D eigenvalue weighted by atomic mass is 35.5. The summed E-state index contributed by atoms with van der Waals surface area (Å²) in [6.45, 7) is 0. The number of fused-ring (bicyclic) bond motifs is 1. The highest BCUT2D eigenvalue weighted by Gasteiger charge is 2.26. The van der Waals surface area contributed by atoms with E-state index in [-0.39, 0.29) is 5.03 Å². The molecule has 19 heavy (non-hydrogen) atoms. The van der Waals surface area contributed by atoms with Crippen LogP contribution < -0.4 is 5.32 Å². The number of para-hydroxylation sites is 1. The zero-order chi connectivity index (χ0) is 14.0. The molecule has 1 aliphatic heterocycles. The number of anilines is 1. The third-order valence-electron chi connectivity index (χ3n) is 2.21. The Balaban J connectivity index is 2.42. The summed E-state index contributed by atoms with van der Waals surface area (Å²) in [5.74, 6) is 0. The van der Waals surface area contributed by atoms with E-state index in [4.69, 9.17) is 11.6 Å². The van der Waals surface area contributed by atoms with Crippen molar-refractivity contribution in [3.8, 4) is 0 Å². The van der Waals surface area contributed by atoms with Crippen LogP contribution in [-0.4, -0.2) is 9.85 Å². The summed E-state index contributed by atoms with van der Waals surface area (Å²) in [7, 11) is 0. The molecule has 1 N–H and O–H groups in total. The Hall–Kier alpha value is -2.06. The molecule has 0 saturated heterocycles. The van der Waals surface area contributed by atoms with Crippen LogP contribution in [0.3, 0.4) is 0 Å². The lowest BCUT2D eigenvalue weighted by atomic mass is 10.3. The molecule has 0 aromatic heterocycles. The van der Waals surface area contributed by atoms with E-state index in [1.165, 1.54) is 0 Å². The largest absolute Gasteiger partial charge is 0.344 e. The lowest BCUT2D eigenvalue weighted by Crippen LogP contribution is -2.05. The monoisotopic (exact) mass is 299 g/mol. The Kier molecular flexibility index (Phi) is 3.72. The number of hydrogen-bond acceptors (Lipinski definition) is 6. The van der Waals surface area contributed by atoms with Crippen molar-refractivity contribution >= 4 is 29.1 Å². The van der Waals surface area contributed by atoms with E-state index in [1.807, 2.05) is 0 Å². The first-order valence-electron chi connectivity index (χ1n) is 4.93. The number of halogens is 1. The molecule has 0 fully saturated rings. The van der Waals surface area contributed by atoms with Crippen molar-refractivity contribution in [2.45, 2.75) is 4.90 Å². The first-order chi connectivity index (χ1) is 8.99. The topological polar surface area (TPSA) is 98.3 Å². The van der Waals surface area contributed by atoms with Gasteiger partial charge in [-0.25, -0.2) is 0 Å². The molecule has 1 aromatic rings. The molecule has 0 saturated carbocycles.